The van der Waals surface area contributed by atoms with Gasteiger partial charge in [-0.05, 0) is 20.5 Å². The Kier molecular flexibility index (Phi) is 5.59. The fraction of sp³-hybridized carbons (Fsp3) is 1.00. The molecule has 0 radical (unpaired) electrons. The molecule has 0 spiro atoms. The van der Waals surface area contributed by atoms with E-state index in [-0.39, 0.29) is 0 Å². The molecule has 0 saturated heterocycles. The molecule has 0 heterocycles. The number of nitrogens with zero attached hydrogens (tertiary/aromatic N) is 1. The Labute approximate surface area is 55.5 Å². The van der Waals surface area contributed by atoms with Crippen molar-refractivity contribution in [2.75, 3.05) is 20.7 Å². The van der Waals surface area contributed by atoms with Gasteiger partial charge in [-0.3, -0.25) is 0 Å². The van der Waals surface area contributed by atoms with Crippen molar-refractivity contribution in [2.24, 2.45) is 0 Å². The number of rotatable bonds is 4. The molecule has 0 aromatic carbocycles. The summed E-state index contributed by atoms with van der Waals surface area (Å²) in [6.07, 6.45) is 1.08. The van der Waals surface area contributed by atoms with E-state index in [2.05, 4.69) is 6.92 Å². The van der Waals surface area contributed by atoms with Gasteiger partial charge in [0, 0.05) is 0 Å². The van der Waals surface area contributed by atoms with Crippen LogP contribution < -0.4 is 0 Å². The van der Waals surface area contributed by atoms with Crippen molar-refractivity contribution in [3.63, 3.8) is 0 Å². The Morgan fingerprint density at radius 2 is 2.12 bits per heavy atom. The van der Waals surface area contributed by atoms with Gasteiger partial charge in [-0.2, -0.15) is 0 Å². The molecule has 0 fully saturated rings. The van der Waals surface area contributed by atoms with Gasteiger partial charge in [0.05, 0.1) is 18.8 Å². The second-order valence-electron chi connectivity index (χ2n) is 1.71. The van der Waals surface area contributed by atoms with Crippen LogP contribution in [0.5, 0.6) is 0 Å². The maximum atomic E-state index is 5.09. The largest absolute Gasteiger partial charge is 0.301 e. The third-order valence-corrected chi connectivity index (χ3v) is 1.06. The summed E-state index contributed by atoms with van der Waals surface area (Å²) >= 11 is 1.39. The van der Waals surface area contributed by atoms with E-state index in [9.17, 15) is 0 Å². The molecule has 0 aromatic rings. The molecule has 0 rings (SSSR count). The second-order valence-corrected chi connectivity index (χ2v) is 2.82. The molecule has 0 bridgehead atoms. The minimum atomic E-state index is 0.836. The molecule has 0 N–H and O–H groups in total. The van der Waals surface area contributed by atoms with Gasteiger partial charge in [0.1, 0.15) is 0 Å². The number of hydrogen-bond donors (Lipinski definition) is 0. The summed E-state index contributed by atoms with van der Waals surface area (Å²) in [5.41, 5.74) is 0. The Hall–Kier alpha value is 0.270. The fourth-order valence-corrected chi connectivity index (χ4v) is 0.678. The van der Waals surface area contributed by atoms with Crippen molar-refractivity contribution in [3.8, 4) is 0 Å². The first-order valence-corrected chi connectivity index (χ1v) is 3.44. The van der Waals surface area contributed by atoms with Gasteiger partial charge < -0.3 is 4.18 Å². The molecule has 3 heteroatoms. The maximum absolute atomic E-state index is 5.09. The third-order valence-electron chi connectivity index (χ3n) is 0.489. The van der Waals surface area contributed by atoms with E-state index in [0.717, 1.165) is 13.0 Å². The molecule has 8 heavy (non-hydrogen) atoms. The molecule has 2 nitrogen and oxygen atoms in total. The first-order valence-electron chi connectivity index (χ1n) is 2.74. The van der Waals surface area contributed by atoms with Crippen molar-refractivity contribution in [2.45, 2.75) is 13.3 Å². The number of hydrogen-bond acceptors (Lipinski definition) is 3. The SMILES string of the molecule is CCCOSN(C)C. The first-order chi connectivity index (χ1) is 3.77. The van der Waals surface area contributed by atoms with Crippen LogP contribution in [-0.4, -0.2) is 25.0 Å². The highest BCUT2D eigenvalue weighted by Gasteiger charge is 1.87. The highest BCUT2D eigenvalue weighted by molar-refractivity contribution is 7.92. The molecule has 0 aromatic heterocycles. The van der Waals surface area contributed by atoms with Crippen molar-refractivity contribution >= 4 is 12.2 Å². The molecule has 0 aliphatic rings. The lowest BCUT2D eigenvalue weighted by molar-refractivity contribution is 0.356. The van der Waals surface area contributed by atoms with Gasteiger partial charge >= 0.3 is 0 Å². The minimum absolute atomic E-state index is 0.836. The summed E-state index contributed by atoms with van der Waals surface area (Å²) < 4.78 is 7.01. The van der Waals surface area contributed by atoms with Gasteiger partial charge in [0.25, 0.3) is 0 Å². The van der Waals surface area contributed by atoms with E-state index < -0.39 is 0 Å². The van der Waals surface area contributed by atoms with Gasteiger partial charge in [-0.25, -0.2) is 4.31 Å². The van der Waals surface area contributed by atoms with Gasteiger partial charge in [-0.15, -0.1) is 0 Å². The van der Waals surface area contributed by atoms with E-state index >= 15 is 0 Å². The molecule has 0 amide bonds. The molecule has 0 aliphatic carbocycles. The lowest BCUT2D eigenvalue weighted by Crippen LogP contribution is -2.00. The van der Waals surface area contributed by atoms with Crippen molar-refractivity contribution < 1.29 is 4.18 Å². The van der Waals surface area contributed by atoms with Crippen LogP contribution >= 0.6 is 12.2 Å². The first kappa shape index (κ1) is 8.27. The molecule has 50 valence electrons. The quantitative estimate of drug-likeness (QED) is 0.329. The highest BCUT2D eigenvalue weighted by atomic mass is 32.2. The lowest BCUT2D eigenvalue weighted by Gasteiger charge is -2.05. The third kappa shape index (κ3) is 6.27. The zero-order valence-corrected chi connectivity index (χ0v) is 6.49. The average molecular weight is 135 g/mol. The summed E-state index contributed by atoms with van der Waals surface area (Å²) in [5, 5.41) is 0. The molecule has 0 atom stereocenters. The Balaban J connectivity index is 2.72. The van der Waals surface area contributed by atoms with Crippen LogP contribution in [0.15, 0.2) is 0 Å². The van der Waals surface area contributed by atoms with E-state index in [0.29, 0.717) is 0 Å². The molecule has 0 aliphatic heterocycles. The molecule has 0 saturated carbocycles. The van der Waals surface area contributed by atoms with Gasteiger partial charge in [-0.1, -0.05) is 6.92 Å². The summed E-state index contributed by atoms with van der Waals surface area (Å²) in [7, 11) is 3.92. The Morgan fingerprint density at radius 3 is 2.50 bits per heavy atom. The average Bonchev–Trinajstić information content (AvgIpc) is 1.66. The van der Waals surface area contributed by atoms with Crippen LogP contribution in [-0.2, 0) is 4.18 Å². The predicted octanol–water partition coefficient (Wildman–Crippen LogP) is 1.54. The van der Waals surface area contributed by atoms with E-state index in [1.807, 2.05) is 18.4 Å². The molecular formula is C5H13NOS. The standard InChI is InChI=1S/C5H13NOS/c1-4-5-7-8-6(2)3/h4-5H2,1-3H3. The summed E-state index contributed by atoms with van der Waals surface area (Å²) in [6, 6.07) is 0. The van der Waals surface area contributed by atoms with E-state index in [1.54, 1.807) is 0 Å². The van der Waals surface area contributed by atoms with Gasteiger partial charge in [0.15, 0.2) is 0 Å². The smallest absolute Gasteiger partial charge is 0.0813 e. The normalized spacial score (nSPS) is 10.5. The minimum Gasteiger partial charge on any atom is -0.301 e. The lowest BCUT2D eigenvalue weighted by atomic mass is 10.5. The van der Waals surface area contributed by atoms with Crippen LogP contribution in [0, 0.1) is 0 Å². The van der Waals surface area contributed by atoms with Crippen LogP contribution in [0.1, 0.15) is 13.3 Å². The van der Waals surface area contributed by atoms with E-state index in [1.165, 1.54) is 12.2 Å². The van der Waals surface area contributed by atoms with Crippen LogP contribution in [0.3, 0.4) is 0 Å². The van der Waals surface area contributed by atoms with E-state index in [4.69, 9.17) is 4.18 Å². The maximum Gasteiger partial charge on any atom is 0.0813 e. The van der Waals surface area contributed by atoms with Crippen molar-refractivity contribution in [1.29, 1.82) is 0 Å². The van der Waals surface area contributed by atoms with Crippen LogP contribution in [0.2, 0.25) is 0 Å². The Bertz CT molecular complexity index is 49.7. The van der Waals surface area contributed by atoms with Crippen molar-refractivity contribution in [3.05, 3.63) is 0 Å². The monoisotopic (exact) mass is 135 g/mol. The van der Waals surface area contributed by atoms with Crippen molar-refractivity contribution in [1.82, 2.24) is 4.31 Å². The van der Waals surface area contributed by atoms with Crippen LogP contribution in [0.25, 0.3) is 0 Å². The molecule has 0 unspecified atom stereocenters. The Morgan fingerprint density at radius 1 is 1.50 bits per heavy atom. The fourth-order valence-electron chi connectivity index (χ4n) is 0.226. The summed E-state index contributed by atoms with van der Waals surface area (Å²) in [6.45, 7) is 2.93. The zero-order chi connectivity index (χ0) is 6.41. The highest BCUT2D eigenvalue weighted by Crippen LogP contribution is 2.04. The predicted molar refractivity (Wildman–Crippen MR) is 37.5 cm³/mol. The zero-order valence-electron chi connectivity index (χ0n) is 5.68. The molecular weight excluding hydrogens is 122 g/mol. The second kappa shape index (κ2) is 5.41. The topological polar surface area (TPSA) is 12.5 Å². The summed E-state index contributed by atoms with van der Waals surface area (Å²) in [5.74, 6) is 0. The van der Waals surface area contributed by atoms with Gasteiger partial charge in [0.2, 0.25) is 0 Å². The summed E-state index contributed by atoms with van der Waals surface area (Å²) in [4.78, 5) is 0. The van der Waals surface area contributed by atoms with Crippen LogP contribution in [0.4, 0.5) is 0 Å².